The van der Waals surface area contributed by atoms with Gasteiger partial charge in [0.15, 0.2) is 0 Å². The molecule has 3 N–H and O–H groups in total. The minimum atomic E-state index is -0.335. The van der Waals surface area contributed by atoms with Crippen molar-refractivity contribution in [2.45, 2.75) is 25.4 Å². The summed E-state index contributed by atoms with van der Waals surface area (Å²) in [6, 6.07) is 17.1. The first-order chi connectivity index (χ1) is 11.6. The summed E-state index contributed by atoms with van der Waals surface area (Å²) in [7, 11) is 0. The summed E-state index contributed by atoms with van der Waals surface area (Å²) in [6.07, 6.45) is 0.646. The zero-order valence-electron chi connectivity index (χ0n) is 13.3. The van der Waals surface area contributed by atoms with Gasteiger partial charge in [0.25, 0.3) is 5.91 Å². The zero-order chi connectivity index (χ0) is 16.9. The average Bonchev–Trinajstić information content (AvgIpc) is 3.11. The minimum absolute atomic E-state index is 0.0669. The van der Waals surface area contributed by atoms with Crippen LogP contribution >= 0.6 is 11.6 Å². The van der Waals surface area contributed by atoms with Crippen molar-refractivity contribution in [3.8, 4) is 0 Å². The number of benzene rings is 2. The van der Waals surface area contributed by atoms with Gasteiger partial charge in [-0.05, 0) is 36.6 Å². The molecule has 0 aromatic heterocycles. The molecule has 1 aliphatic heterocycles. The second-order valence-corrected chi connectivity index (χ2v) is 6.16. The van der Waals surface area contributed by atoms with E-state index < -0.39 is 0 Å². The number of rotatable bonds is 4. The van der Waals surface area contributed by atoms with Gasteiger partial charge in [-0.1, -0.05) is 54.1 Å². The van der Waals surface area contributed by atoms with Gasteiger partial charge in [-0.15, -0.1) is 0 Å². The summed E-state index contributed by atoms with van der Waals surface area (Å²) >= 11 is 5.90. The van der Waals surface area contributed by atoms with E-state index in [0.29, 0.717) is 11.4 Å². The monoisotopic (exact) mass is 342 g/mol. The van der Waals surface area contributed by atoms with E-state index in [0.717, 1.165) is 16.8 Å². The lowest BCUT2D eigenvalue weighted by atomic mass is 10.0. The Bertz CT molecular complexity index is 730. The van der Waals surface area contributed by atoms with Crippen LogP contribution in [0.5, 0.6) is 0 Å². The summed E-state index contributed by atoms with van der Waals surface area (Å²) in [5.41, 5.74) is 11.6. The molecule has 2 aromatic carbocycles. The summed E-state index contributed by atoms with van der Waals surface area (Å²) in [5, 5.41) is 4.88. The van der Waals surface area contributed by atoms with E-state index in [-0.39, 0.29) is 18.0 Å². The van der Waals surface area contributed by atoms with Crippen LogP contribution < -0.4 is 16.3 Å². The van der Waals surface area contributed by atoms with Gasteiger partial charge in [-0.3, -0.25) is 4.79 Å². The first-order valence-corrected chi connectivity index (χ1v) is 8.17. The van der Waals surface area contributed by atoms with E-state index in [1.54, 1.807) is 0 Å². The van der Waals surface area contributed by atoms with Crippen LogP contribution in [0.3, 0.4) is 0 Å². The molecule has 0 saturated carbocycles. The number of hydrazine groups is 1. The number of hydrogen-bond acceptors (Lipinski definition) is 4. The quantitative estimate of drug-likeness (QED) is 0.591. The van der Waals surface area contributed by atoms with Crippen molar-refractivity contribution in [2.75, 3.05) is 0 Å². The molecule has 24 heavy (non-hydrogen) atoms. The van der Waals surface area contributed by atoms with Crippen molar-refractivity contribution >= 4 is 23.2 Å². The summed E-state index contributed by atoms with van der Waals surface area (Å²) in [4.78, 5) is 12.3. The topological polar surface area (TPSA) is 65.5 Å². The third-order valence-corrected chi connectivity index (χ3v) is 4.27. The van der Waals surface area contributed by atoms with E-state index in [4.69, 9.17) is 11.6 Å². The fraction of sp³-hybridized carbons (Fsp3) is 0.222. The lowest BCUT2D eigenvalue weighted by Gasteiger charge is -2.09. The number of halogens is 1. The maximum Gasteiger partial charge on any atom is 0.258 e. The minimum Gasteiger partial charge on any atom is -0.271 e. The molecule has 1 aliphatic rings. The number of nitrogens with one attached hydrogen (secondary N) is 3. The van der Waals surface area contributed by atoms with Crippen molar-refractivity contribution < 1.29 is 4.79 Å². The Hall–Kier alpha value is -2.21. The van der Waals surface area contributed by atoms with Crippen LogP contribution in [0.15, 0.2) is 59.7 Å². The molecule has 5 nitrogen and oxygen atoms in total. The number of hydrogen-bond donors (Lipinski definition) is 3. The number of amides is 1. The average molecular weight is 343 g/mol. The van der Waals surface area contributed by atoms with E-state index in [1.807, 2.05) is 61.5 Å². The predicted molar refractivity (Wildman–Crippen MR) is 95.7 cm³/mol. The first-order valence-electron chi connectivity index (χ1n) is 7.79. The van der Waals surface area contributed by atoms with Gasteiger partial charge in [0.05, 0.1) is 5.71 Å². The third-order valence-electron chi connectivity index (χ3n) is 4.02. The molecular formula is C18H19ClN4O. The summed E-state index contributed by atoms with van der Waals surface area (Å²) in [6.45, 7) is 1.87. The second-order valence-electron chi connectivity index (χ2n) is 5.72. The molecule has 0 aliphatic carbocycles. The van der Waals surface area contributed by atoms with E-state index in [9.17, 15) is 4.79 Å². The van der Waals surface area contributed by atoms with Crippen LogP contribution in [-0.2, 0) is 4.79 Å². The Balaban J connectivity index is 1.58. The predicted octanol–water partition coefficient (Wildman–Crippen LogP) is 2.79. The molecule has 1 fully saturated rings. The zero-order valence-corrected chi connectivity index (χ0v) is 14.0. The van der Waals surface area contributed by atoms with Crippen LogP contribution in [0, 0.1) is 0 Å². The molecule has 0 radical (unpaired) electrons. The Morgan fingerprint density at radius 1 is 1.12 bits per heavy atom. The van der Waals surface area contributed by atoms with Crippen LogP contribution in [-0.4, -0.2) is 17.7 Å². The molecular weight excluding hydrogens is 324 g/mol. The maximum absolute atomic E-state index is 12.3. The highest BCUT2D eigenvalue weighted by Crippen LogP contribution is 2.23. The van der Waals surface area contributed by atoms with Crippen LogP contribution in [0.2, 0.25) is 5.02 Å². The fourth-order valence-corrected chi connectivity index (χ4v) is 2.73. The van der Waals surface area contributed by atoms with Gasteiger partial charge >= 0.3 is 0 Å². The first kappa shape index (κ1) is 16.6. The number of nitrogens with zero attached hydrogens (tertiary/aromatic N) is 1. The smallest absolute Gasteiger partial charge is 0.258 e. The fourth-order valence-electron chi connectivity index (χ4n) is 2.60. The van der Waals surface area contributed by atoms with E-state index in [2.05, 4.69) is 21.4 Å². The molecule has 0 bridgehead atoms. The largest absolute Gasteiger partial charge is 0.271 e. The van der Waals surface area contributed by atoms with Crippen molar-refractivity contribution in [1.29, 1.82) is 0 Å². The van der Waals surface area contributed by atoms with Crippen molar-refractivity contribution in [3.05, 3.63) is 70.7 Å². The molecule has 6 heteroatoms. The Kier molecular flexibility index (Phi) is 5.25. The highest BCUT2D eigenvalue weighted by Gasteiger charge is 2.30. The normalized spacial score (nSPS) is 20.8. The van der Waals surface area contributed by atoms with Crippen LogP contribution in [0.25, 0.3) is 0 Å². The van der Waals surface area contributed by atoms with Crippen molar-refractivity contribution in [1.82, 2.24) is 16.3 Å². The lowest BCUT2D eigenvalue weighted by Crippen LogP contribution is -2.41. The van der Waals surface area contributed by atoms with Gasteiger partial charge in [-0.2, -0.15) is 5.10 Å². The lowest BCUT2D eigenvalue weighted by molar-refractivity contribution is -0.122. The highest BCUT2D eigenvalue weighted by atomic mass is 35.5. The van der Waals surface area contributed by atoms with Gasteiger partial charge in [-0.25, -0.2) is 16.3 Å². The summed E-state index contributed by atoms with van der Waals surface area (Å²) < 4.78 is 0. The molecule has 2 unspecified atom stereocenters. The van der Waals surface area contributed by atoms with Gasteiger partial charge < -0.3 is 0 Å². The highest BCUT2D eigenvalue weighted by molar-refractivity contribution is 6.30. The van der Waals surface area contributed by atoms with Crippen LogP contribution in [0.4, 0.5) is 0 Å². The Labute approximate surface area is 146 Å². The molecule has 0 spiro atoms. The standard InChI is InChI=1S/C18H19ClN4O/c1-12(13-5-3-2-4-6-13)20-23-18(24)17-11-16(21-22-17)14-7-9-15(19)10-8-14/h2-10,16-17,21-22H,11H2,1H3,(H,23,24)/b20-12-. The molecule has 2 atom stereocenters. The number of carbonyl (C=O) groups excluding carboxylic acids is 1. The third kappa shape index (κ3) is 4.00. The molecule has 124 valence electrons. The van der Waals surface area contributed by atoms with E-state index in [1.165, 1.54) is 0 Å². The Morgan fingerprint density at radius 2 is 1.83 bits per heavy atom. The van der Waals surface area contributed by atoms with Crippen LogP contribution in [0.1, 0.15) is 30.5 Å². The number of carbonyl (C=O) groups is 1. The maximum atomic E-state index is 12.3. The second kappa shape index (κ2) is 7.57. The van der Waals surface area contributed by atoms with E-state index >= 15 is 0 Å². The molecule has 1 heterocycles. The van der Waals surface area contributed by atoms with Gasteiger partial charge in [0, 0.05) is 11.1 Å². The molecule has 1 saturated heterocycles. The number of hydrazone groups is 1. The molecule has 2 aromatic rings. The Morgan fingerprint density at radius 3 is 2.54 bits per heavy atom. The van der Waals surface area contributed by atoms with Crippen molar-refractivity contribution in [3.63, 3.8) is 0 Å². The molecule has 1 amide bonds. The summed E-state index contributed by atoms with van der Waals surface area (Å²) in [5.74, 6) is -0.158. The SMILES string of the molecule is C/C(=N/NC(=O)C1CC(c2ccc(Cl)cc2)NN1)c1ccccc1. The van der Waals surface area contributed by atoms with Gasteiger partial charge in [0.1, 0.15) is 6.04 Å². The van der Waals surface area contributed by atoms with Gasteiger partial charge in [0.2, 0.25) is 0 Å². The van der Waals surface area contributed by atoms with Crippen molar-refractivity contribution in [2.24, 2.45) is 5.10 Å². The molecule has 3 rings (SSSR count).